The van der Waals surface area contributed by atoms with Gasteiger partial charge in [-0.3, -0.25) is 9.88 Å². The second-order valence-corrected chi connectivity index (χ2v) is 6.00. The number of nitrogens with zero attached hydrogens (tertiary/aromatic N) is 2. The smallest absolute Gasteiger partial charge is 0.0702 e. The number of nitrogens with two attached hydrogens (primary N) is 1. The lowest BCUT2D eigenvalue weighted by Crippen LogP contribution is -2.39. The second-order valence-electron chi connectivity index (χ2n) is 6.00. The number of benzene rings is 1. The fourth-order valence-electron chi connectivity index (χ4n) is 3.12. The lowest BCUT2D eigenvalue weighted by molar-refractivity contribution is 0.166. The molecular formula is C17H23N3. The first kappa shape index (κ1) is 13.5. The number of fused-ring (bicyclic) bond motifs is 1. The van der Waals surface area contributed by atoms with Gasteiger partial charge in [-0.25, -0.2) is 0 Å². The van der Waals surface area contributed by atoms with Crippen LogP contribution in [0.5, 0.6) is 0 Å². The Bertz CT molecular complexity index is 571. The zero-order valence-corrected chi connectivity index (χ0v) is 12.1. The van der Waals surface area contributed by atoms with Crippen molar-refractivity contribution < 1.29 is 0 Å². The summed E-state index contributed by atoms with van der Waals surface area (Å²) < 4.78 is 0. The molecule has 20 heavy (non-hydrogen) atoms. The van der Waals surface area contributed by atoms with Gasteiger partial charge in [0.25, 0.3) is 0 Å². The lowest BCUT2D eigenvalue weighted by Gasteiger charge is -2.33. The van der Waals surface area contributed by atoms with Crippen LogP contribution in [0.4, 0.5) is 0 Å². The van der Waals surface area contributed by atoms with Crippen LogP contribution in [0.3, 0.4) is 0 Å². The van der Waals surface area contributed by atoms with Crippen molar-refractivity contribution in [2.75, 3.05) is 13.1 Å². The summed E-state index contributed by atoms with van der Waals surface area (Å²) in [6, 6.07) is 11.1. The Kier molecular flexibility index (Phi) is 3.99. The first-order valence-corrected chi connectivity index (χ1v) is 7.54. The van der Waals surface area contributed by atoms with Crippen molar-refractivity contribution in [1.82, 2.24) is 9.88 Å². The molecule has 2 N–H and O–H groups in total. The topological polar surface area (TPSA) is 42.1 Å². The highest BCUT2D eigenvalue weighted by Gasteiger charge is 2.21. The molecule has 0 radical (unpaired) electrons. The van der Waals surface area contributed by atoms with Gasteiger partial charge in [0.1, 0.15) is 0 Å². The Morgan fingerprint density at radius 2 is 2.10 bits per heavy atom. The van der Waals surface area contributed by atoms with Gasteiger partial charge in [0.2, 0.25) is 0 Å². The summed E-state index contributed by atoms with van der Waals surface area (Å²) in [4.78, 5) is 6.91. The molecule has 1 atom stereocenters. The quantitative estimate of drug-likeness (QED) is 0.931. The minimum atomic E-state index is 0.337. The van der Waals surface area contributed by atoms with Crippen LogP contribution >= 0.6 is 0 Å². The van der Waals surface area contributed by atoms with Crippen molar-refractivity contribution in [1.29, 1.82) is 0 Å². The molecule has 2 aromatic rings. The first-order valence-electron chi connectivity index (χ1n) is 7.54. The Morgan fingerprint density at radius 3 is 2.85 bits per heavy atom. The van der Waals surface area contributed by atoms with E-state index >= 15 is 0 Å². The highest BCUT2D eigenvalue weighted by molar-refractivity contribution is 5.78. The van der Waals surface area contributed by atoms with Crippen LogP contribution in [0.2, 0.25) is 0 Å². The number of rotatable bonds is 3. The summed E-state index contributed by atoms with van der Waals surface area (Å²) in [5.41, 5.74) is 8.46. The average molecular weight is 269 g/mol. The minimum absolute atomic E-state index is 0.337. The van der Waals surface area contributed by atoms with Gasteiger partial charge in [-0.05, 0) is 62.5 Å². The third-order valence-corrected chi connectivity index (χ3v) is 4.45. The van der Waals surface area contributed by atoms with E-state index in [2.05, 4.69) is 41.1 Å². The number of likely N-dealkylation sites (tertiary alicyclic amines) is 1. The highest BCUT2D eigenvalue weighted by Crippen LogP contribution is 2.22. The van der Waals surface area contributed by atoms with Crippen molar-refractivity contribution in [3.63, 3.8) is 0 Å². The van der Waals surface area contributed by atoms with E-state index in [9.17, 15) is 0 Å². The molecule has 3 nitrogen and oxygen atoms in total. The van der Waals surface area contributed by atoms with E-state index in [0.29, 0.717) is 12.0 Å². The van der Waals surface area contributed by atoms with E-state index in [1.165, 1.54) is 23.8 Å². The van der Waals surface area contributed by atoms with Gasteiger partial charge in [0.15, 0.2) is 0 Å². The van der Waals surface area contributed by atoms with Crippen LogP contribution < -0.4 is 5.73 Å². The third kappa shape index (κ3) is 3.00. The largest absolute Gasteiger partial charge is 0.328 e. The molecule has 0 saturated carbocycles. The normalized spacial score (nSPS) is 19.3. The van der Waals surface area contributed by atoms with Gasteiger partial charge in [-0.15, -0.1) is 0 Å². The first-order chi connectivity index (χ1) is 9.72. The Morgan fingerprint density at radius 1 is 1.30 bits per heavy atom. The van der Waals surface area contributed by atoms with Crippen molar-refractivity contribution in [3.05, 3.63) is 42.1 Å². The van der Waals surface area contributed by atoms with Crippen LogP contribution in [0.15, 0.2) is 36.5 Å². The molecule has 0 bridgehead atoms. The van der Waals surface area contributed by atoms with E-state index < -0.39 is 0 Å². The molecule has 0 amide bonds. The second kappa shape index (κ2) is 5.90. The number of aromatic nitrogens is 1. The fraction of sp³-hybridized carbons (Fsp3) is 0.471. The summed E-state index contributed by atoms with van der Waals surface area (Å²) in [5, 5.41) is 1.23. The van der Waals surface area contributed by atoms with E-state index in [1.807, 2.05) is 12.3 Å². The summed E-state index contributed by atoms with van der Waals surface area (Å²) in [6.45, 7) is 5.50. The molecule has 1 aliphatic heterocycles. The predicted octanol–water partition coefficient (Wildman–Crippen LogP) is 2.79. The van der Waals surface area contributed by atoms with E-state index in [0.717, 1.165) is 25.2 Å². The number of pyridine rings is 1. The summed E-state index contributed by atoms with van der Waals surface area (Å²) >= 11 is 0. The molecule has 1 unspecified atom stereocenters. The van der Waals surface area contributed by atoms with Crippen LogP contribution in [-0.4, -0.2) is 29.0 Å². The van der Waals surface area contributed by atoms with Crippen LogP contribution in [0.25, 0.3) is 10.9 Å². The van der Waals surface area contributed by atoms with Gasteiger partial charge in [0, 0.05) is 24.2 Å². The third-order valence-electron chi connectivity index (χ3n) is 4.45. The molecule has 0 spiro atoms. The zero-order chi connectivity index (χ0) is 13.9. The maximum absolute atomic E-state index is 6.00. The number of piperidine rings is 1. The molecule has 2 heterocycles. The van der Waals surface area contributed by atoms with Gasteiger partial charge >= 0.3 is 0 Å². The Labute approximate surface area is 120 Å². The molecule has 1 aromatic carbocycles. The SMILES string of the molecule is CC(N)C1CCN(Cc2ccc3ncccc3c2)CC1. The summed E-state index contributed by atoms with van der Waals surface area (Å²) in [6.07, 6.45) is 4.31. The summed E-state index contributed by atoms with van der Waals surface area (Å²) in [5.74, 6) is 0.701. The number of hydrogen-bond acceptors (Lipinski definition) is 3. The maximum atomic E-state index is 6.00. The van der Waals surface area contributed by atoms with Gasteiger partial charge < -0.3 is 5.73 Å². The zero-order valence-electron chi connectivity index (χ0n) is 12.1. The van der Waals surface area contributed by atoms with Crippen LogP contribution in [0.1, 0.15) is 25.3 Å². The fourth-order valence-corrected chi connectivity index (χ4v) is 3.12. The van der Waals surface area contributed by atoms with Crippen LogP contribution in [-0.2, 0) is 6.54 Å². The maximum Gasteiger partial charge on any atom is 0.0702 e. The predicted molar refractivity (Wildman–Crippen MR) is 83.4 cm³/mol. The van der Waals surface area contributed by atoms with Crippen molar-refractivity contribution in [2.45, 2.75) is 32.4 Å². The van der Waals surface area contributed by atoms with Crippen molar-refractivity contribution >= 4 is 10.9 Å². The molecule has 106 valence electrons. The monoisotopic (exact) mass is 269 g/mol. The van der Waals surface area contributed by atoms with Gasteiger partial charge in [-0.1, -0.05) is 12.1 Å². The van der Waals surface area contributed by atoms with Crippen molar-refractivity contribution in [2.24, 2.45) is 11.7 Å². The van der Waals surface area contributed by atoms with E-state index in [-0.39, 0.29) is 0 Å². The molecule has 3 rings (SSSR count). The molecule has 1 saturated heterocycles. The van der Waals surface area contributed by atoms with E-state index in [4.69, 9.17) is 5.73 Å². The lowest BCUT2D eigenvalue weighted by atomic mass is 9.91. The van der Waals surface area contributed by atoms with Crippen LogP contribution in [0, 0.1) is 5.92 Å². The highest BCUT2D eigenvalue weighted by atomic mass is 15.1. The van der Waals surface area contributed by atoms with Gasteiger partial charge in [0.05, 0.1) is 5.52 Å². The molecule has 1 fully saturated rings. The average Bonchev–Trinajstić information content (AvgIpc) is 2.48. The molecule has 3 heteroatoms. The molecule has 1 aromatic heterocycles. The Balaban J connectivity index is 1.65. The Hall–Kier alpha value is -1.45. The molecule has 1 aliphatic rings. The van der Waals surface area contributed by atoms with E-state index in [1.54, 1.807) is 0 Å². The standard InChI is InChI=1S/C17H23N3/c1-13(18)15-6-9-20(10-7-15)12-14-4-5-17-16(11-14)3-2-8-19-17/h2-5,8,11,13,15H,6-7,9-10,12,18H2,1H3. The molecular weight excluding hydrogens is 246 g/mol. The number of hydrogen-bond donors (Lipinski definition) is 1. The molecule has 0 aliphatic carbocycles. The minimum Gasteiger partial charge on any atom is -0.328 e. The van der Waals surface area contributed by atoms with Gasteiger partial charge in [-0.2, -0.15) is 0 Å². The van der Waals surface area contributed by atoms with Crippen molar-refractivity contribution in [3.8, 4) is 0 Å². The summed E-state index contributed by atoms with van der Waals surface area (Å²) in [7, 11) is 0.